The van der Waals surface area contributed by atoms with Gasteiger partial charge in [0.15, 0.2) is 17.0 Å². The molecule has 3 aromatic rings. The molecule has 0 unspecified atom stereocenters. The van der Waals surface area contributed by atoms with E-state index in [1.54, 1.807) is 23.0 Å². The van der Waals surface area contributed by atoms with E-state index < -0.39 is 18.4 Å². The first-order valence-corrected chi connectivity index (χ1v) is 8.18. The van der Waals surface area contributed by atoms with E-state index in [9.17, 15) is 10.2 Å². The molecular formula is C16H16ClN5O3. The molecule has 1 saturated heterocycles. The number of anilines is 2. The highest BCUT2D eigenvalue weighted by molar-refractivity contribution is 6.30. The van der Waals surface area contributed by atoms with Crippen LogP contribution in [0.3, 0.4) is 0 Å². The van der Waals surface area contributed by atoms with Crippen molar-refractivity contribution >= 4 is 34.3 Å². The number of benzene rings is 1. The molecule has 0 amide bonds. The minimum Gasteiger partial charge on any atom is -0.394 e. The van der Waals surface area contributed by atoms with Crippen LogP contribution in [0, 0.1) is 0 Å². The van der Waals surface area contributed by atoms with Crippen molar-refractivity contribution in [3.63, 3.8) is 0 Å². The van der Waals surface area contributed by atoms with Gasteiger partial charge in [-0.3, -0.25) is 4.57 Å². The van der Waals surface area contributed by atoms with Gasteiger partial charge in [-0.1, -0.05) is 11.6 Å². The zero-order valence-electron chi connectivity index (χ0n) is 13.1. The molecular weight excluding hydrogens is 346 g/mol. The molecule has 3 atom stereocenters. The van der Waals surface area contributed by atoms with E-state index in [0.29, 0.717) is 28.4 Å². The number of hydrogen-bond donors (Lipinski definition) is 3. The number of halogens is 1. The molecule has 2 aromatic heterocycles. The van der Waals surface area contributed by atoms with Crippen LogP contribution < -0.4 is 5.32 Å². The van der Waals surface area contributed by atoms with Crippen LogP contribution in [0.1, 0.15) is 12.6 Å². The number of aliphatic hydroxyl groups excluding tert-OH is 2. The van der Waals surface area contributed by atoms with Gasteiger partial charge in [-0.15, -0.1) is 0 Å². The first kappa shape index (κ1) is 16.2. The van der Waals surface area contributed by atoms with E-state index in [4.69, 9.17) is 16.3 Å². The van der Waals surface area contributed by atoms with Crippen molar-refractivity contribution in [2.24, 2.45) is 0 Å². The van der Waals surface area contributed by atoms with Gasteiger partial charge in [0.05, 0.1) is 19.0 Å². The van der Waals surface area contributed by atoms with Gasteiger partial charge in [0.2, 0.25) is 0 Å². The summed E-state index contributed by atoms with van der Waals surface area (Å²) in [4.78, 5) is 12.9. The molecule has 8 nitrogen and oxygen atoms in total. The summed E-state index contributed by atoms with van der Waals surface area (Å²) in [6, 6.07) is 7.25. The molecule has 1 aliphatic heterocycles. The molecule has 0 bridgehead atoms. The second kappa shape index (κ2) is 6.57. The fourth-order valence-electron chi connectivity index (χ4n) is 2.87. The van der Waals surface area contributed by atoms with Crippen molar-refractivity contribution in [3.8, 4) is 0 Å². The van der Waals surface area contributed by atoms with E-state index in [1.165, 1.54) is 6.33 Å². The fraction of sp³-hybridized carbons (Fsp3) is 0.312. The molecule has 3 heterocycles. The van der Waals surface area contributed by atoms with Crippen LogP contribution in [-0.4, -0.2) is 48.5 Å². The third-order valence-corrected chi connectivity index (χ3v) is 4.41. The van der Waals surface area contributed by atoms with Crippen LogP contribution in [0.15, 0.2) is 36.9 Å². The number of aromatic nitrogens is 4. The zero-order valence-corrected chi connectivity index (χ0v) is 13.8. The van der Waals surface area contributed by atoms with Crippen molar-refractivity contribution in [2.75, 3.05) is 11.9 Å². The molecule has 0 aliphatic carbocycles. The van der Waals surface area contributed by atoms with Crippen LogP contribution in [0.5, 0.6) is 0 Å². The summed E-state index contributed by atoms with van der Waals surface area (Å²) in [6.45, 7) is -0.233. The zero-order chi connectivity index (χ0) is 17.4. The Morgan fingerprint density at radius 1 is 1.24 bits per heavy atom. The van der Waals surface area contributed by atoms with Crippen molar-refractivity contribution in [1.29, 1.82) is 0 Å². The monoisotopic (exact) mass is 361 g/mol. The lowest BCUT2D eigenvalue weighted by atomic mass is 10.2. The smallest absolute Gasteiger partial charge is 0.167 e. The van der Waals surface area contributed by atoms with Gasteiger partial charge in [0.1, 0.15) is 18.7 Å². The van der Waals surface area contributed by atoms with Crippen LogP contribution >= 0.6 is 11.6 Å². The Hall–Kier alpha value is -2.26. The maximum absolute atomic E-state index is 9.93. The third-order valence-electron chi connectivity index (χ3n) is 4.16. The second-order valence-corrected chi connectivity index (χ2v) is 6.23. The van der Waals surface area contributed by atoms with Crippen molar-refractivity contribution < 1.29 is 14.9 Å². The minimum absolute atomic E-state index is 0.233. The number of nitrogens with zero attached hydrogens (tertiary/aromatic N) is 4. The Labute approximate surface area is 148 Å². The minimum atomic E-state index is -0.721. The number of imidazole rings is 1. The highest BCUT2D eigenvalue weighted by Crippen LogP contribution is 2.32. The number of fused-ring (bicyclic) bond motifs is 1. The van der Waals surface area contributed by atoms with Gasteiger partial charge < -0.3 is 20.3 Å². The maximum Gasteiger partial charge on any atom is 0.167 e. The molecule has 9 heteroatoms. The van der Waals surface area contributed by atoms with E-state index in [-0.39, 0.29) is 6.61 Å². The van der Waals surface area contributed by atoms with Crippen molar-refractivity contribution in [1.82, 2.24) is 19.5 Å². The topological polar surface area (TPSA) is 105 Å². The summed E-state index contributed by atoms with van der Waals surface area (Å²) in [5, 5.41) is 23.0. The predicted molar refractivity (Wildman–Crippen MR) is 91.7 cm³/mol. The molecule has 0 saturated carbocycles. The summed E-state index contributed by atoms with van der Waals surface area (Å²) >= 11 is 5.90. The Morgan fingerprint density at radius 3 is 2.76 bits per heavy atom. The van der Waals surface area contributed by atoms with Crippen molar-refractivity contribution in [2.45, 2.75) is 24.9 Å². The summed E-state index contributed by atoms with van der Waals surface area (Å²) in [6.07, 6.45) is 1.64. The largest absolute Gasteiger partial charge is 0.394 e. The molecule has 1 fully saturated rings. The second-order valence-electron chi connectivity index (χ2n) is 5.79. The number of rotatable bonds is 4. The Balaban J connectivity index is 1.65. The summed E-state index contributed by atoms with van der Waals surface area (Å²) in [5.74, 6) is 0.559. The van der Waals surface area contributed by atoms with E-state index >= 15 is 0 Å². The molecule has 1 aliphatic rings. The predicted octanol–water partition coefficient (Wildman–Crippen LogP) is 1.86. The van der Waals surface area contributed by atoms with Crippen molar-refractivity contribution in [3.05, 3.63) is 41.9 Å². The third kappa shape index (κ3) is 3.05. The summed E-state index contributed by atoms with van der Waals surface area (Å²) < 4.78 is 7.41. The molecule has 0 spiro atoms. The molecule has 0 radical (unpaired) electrons. The Kier molecular flexibility index (Phi) is 4.26. The van der Waals surface area contributed by atoms with Gasteiger partial charge >= 0.3 is 0 Å². The first-order valence-electron chi connectivity index (χ1n) is 7.80. The Bertz CT molecular complexity index is 885. The molecule has 25 heavy (non-hydrogen) atoms. The lowest BCUT2D eigenvalue weighted by Gasteiger charge is -2.13. The number of hydrogen-bond acceptors (Lipinski definition) is 7. The molecule has 3 N–H and O–H groups in total. The number of nitrogens with one attached hydrogen (secondary N) is 1. The van der Waals surface area contributed by atoms with Gasteiger partial charge in [0, 0.05) is 17.1 Å². The first-order chi connectivity index (χ1) is 12.2. The fourth-order valence-corrected chi connectivity index (χ4v) is 3.00. The molecule has 4 rings (SSSR count). The summed E-state index contributed by atoms with van der Waals surface area (Å²) in [7, 11) is 0. The quantitative estimate of drug-likeness (QED) is 0.651. The lowest BCUT2D eigenvalue weighted by Crippen LogP contribution is -2.24. The van der Waals surface area contributed by atoms with Crippen LogP contribution in [-0.2, 0) is 4.74 Å². The molecule has 130 valence electrons. The average molecular weight is 362 g/mol. The summed E-state index contributed by atoms with van der Waals surface area (Å²) in [5.41, 5.74) is 2.00. The SMILES string of the molecule is OC[C@H]1O[C@@H](n2cnc3c(Nc4ccc(Cl)cc4)ncnc32)C[C@@H]1O. The lowest BCUT2D eigenvalue weighted by molar-refractivity contribution is -0.0432. The highest BCUT2D eigenvalue weighted by atomic mass is 35.5. The van der Waals surface area contributed by atoms with E-state index in [2.05, 4.69) is 20.3 Å². The van der Waals surface area contributed by atoms with Gasteiger partial charge in [-0.2, -0.15) is 0 Å². The average Bonchev–Trinajstić information content (AvgIpc) is 3.20. The molecule has 1 aromatic carbocycles. The number of ether oxygens (including phenoxy) is 1. The highest BCUT2D eigenvalue weighted by Gasteiger charge is 2.35. The normalized spacial score (nSPS) is 23.2. The van der Waals surface area contributed by atoms with Crippen LogP contribution in [0.4, 0.5) is 11.5 Å². The maximum atomic E-state index is 9.93. The van der Waals surface area contributed by atoms with Gasteiger partial charge in [-0.05, 0) is 24.3 Å². The standard InChI is InChI=1S/C16H16ClN5O3/c17-9-1-3-10(4-2-9)21-15-14-16(19-7-18-15)22(8-20-14)13-5-11(24)12(6-23)25-13/h1-4,7-8,11-13,23-24H,5-6H2,(H,18,19,21)/t11-,12+,13+/m0/s1. The Morgan fingerprint density at radius 2 is 2.04 bits per heavy atom. The van der Waals surface area contributed by atoms with Gasteiger partial charge in [-0.25, -0.2) is 15.0 Å². The van der Waals surface area contributed by atoms with E-state index in [0.717, 1.165) is 5.69 Å². The van der Waals surface area contributed by atoms with E-state index in [1.807, 2.05) is 12.1 Å². The number of aliphatic hydroxyl groups is 2. The van der Waals surface area contributed by atoms with Crippen LogP contribution in [0.2, 0.25) is 5.02 Å². The van der Waals surface area contributed by atoms with Crippen LogP contribution in [0.25, 0.3) is 11.2 Å². The van der Waals surface area contributed by atoms with Gasteiger partial charge in [0.25, 0.3) is 0 Å².